The standard InChI is InChI=1S/C31H34Cl2N4O5S/c1-4-42-27-16-15-25(43(40,41)35(2)3)18-26(27)30-34-28(20-7-11-22(32)12-8-20)29(21-9-13-23(33)14-10-21)37(30)31(39)36-17-5-6-24(38)19-36/h7-16,18,24,28-29,38H,4-6,17,19H2,1-3H3. The monoisotopic (exact) mass is 644 g/mol. The molecule has 2 heterocycles. The van der Waals surface area contributed by atoms with Gasteiger partial charge < -0.3 is 14.7 Å². The first-order chi connectivity index (χ1) is 20.5. The summed E-state index contributed by atoms with van der Waals surface area (Å²) in [4.78, 5) is 22.9. The quantitative estimate of drug-likeness (QED) is 0.352. The number of aliphatic hydroxyl groups excluding tert-OH is 1. The van der Waals surface area contributed by atoms with Gasteiger partial charge in [-0.05, 0) is 73.4 Å². The molecule has 2 aliphatic heterocycles. The smallest absolute Gasteiger partial charge is 0.326 e. The van der Waals surface area contributed by atoms with Gasteiger partial charge in [0.2, 0.25) is 10.0 Å². The maximum atomic E-state index is 14.5. The molecule has 3 aromatic rings. The number of sulfonamides is 1. The summed E-state index contributed by atoms with van der Waals surface area (Å²) in [6.45, 7) is 2.78. The van der Waals surface area contributed by atoms with Crippen LogP contribution in [0.2, 0.25) is 10.0 Å². The van der Waals surface area contributed by atoms with Crippen molar-refractivity contribution in [3.63, 3.8) is 0 Å². The van der Waals surface area contributed by atoms with Crippen LogP contribution in [0.1, 0.15) is 48.5 Å². The first kappa shape index (κ1) is 31.3. The van der Waals surface area contributed by atoms with Gasteiger partial charge in [-0.1, -0.05) is 47.5 Å². The van der Waals surface area contributed by atoms with Gasteiger partial charge in [-0.3, -0.25) is 9.89 Å². The number of rotatable bonds is 7. The molecule has 0 saturated carbocycles. The molecule has 1 N–H and O–H groups in total. The number of benzene rings is 3. The molecule has 1 fully saturated rings. The first-order valence-corrected chi connectivity index (χ1v) is 16.3. The second-order valence-electron chi connectivity index (χ2n) is 10.7. The van der Waals surface area contributed by atoms with Crippen molar-refractivity contribution >= 4 is 45.1 Å². The Bertz CT molecular complexity index is 1610. The summed E-state index contributed by atoms with van der Waals surface area (Å²) in [6, 6.07) is 17.6. The van der Waals surface area contributed by atoms with Crippen LogP contribution in [0, 0.1) is 0 Å². The molecule has 2 aliphatic rings. The number of aliphatic hydroxyl groups is 1. The molecule has 2 amide bonds. The number of nitrogens with zero attached hydrogens (tertiary/aromatic N) is 4. The van der Waals surface area contributed by atoms with Gasteiger partial charge in [0.05, 0.1) is 29.2 Å². The number of carbonyl (C=O) groups is 1. The van der Waals surface area contributed by atoms with Gasteiger partial charge >= 0.3 is 6.03 Å². The fraction of sp³-hybridized carbons (Fsp3) is 0.355. The van der Waals surface area contributed by atoms with Crippen molar-refractivity contribution in [1.82, 2.24) is 14.1 Å². The molecule has 43 heavy (non-hydrogen) atoms. The third-order valence-electron chi connectivity index (χ3n) is 7.63. The summed E-state index contributed by atoms with van der Waals surface area (Å²) in [5, 5.41) is 11.6. The molecule has 1 saturated heterocycles. The number of aliphatic imine (C=N–C) groups is 1. The van der Waals surface area contributed by atoms with E-state index >= 15 is 0 Å². The van der Waals surface area contributed by atoms with Gasteiger partial charge in [0.25, 0.3) is 0 Å². The van der Waals surface area contributed by atoms with Crippen molar-refractivity contribution in [1.29, 1.82) is 0 Å². The predicted octanol–water partition coefficient (Wildman–Crippen LogP) is 5.76. The molecule has 0 bridgehead atoms. The molecule has 3 atom stereocenters. The lowest BCUT2D eigenvalue weighted by molar-refractivity contribution is 0.0745. The van der Waals surface area contributed by atoms with E-state index in [-0.39, 0.29) is 23.3 Å². The lowest BCUT2D eigenvalue weighted by atomic mass is 9.93. The molecule has 228 valence electrons. The molecule has 0 aliphatic carbocycles. The minimum absolute atomic E-state index is 0.0393. The van der Waals surface area contributed by atoms with Crippen LogP contribution >= 0.6 is 23.2 Å². The van der Waals surface area contributed by atoms with Crippen LogP contribution in [-0.2, 0) is 10.0 Å². The SMILES string of the molecule is CCOc1ccc(S(=O)(=O)N(C)C)cc1C1=NC(c2ccc(Cl)cc2)C(c2ccc(Cl)cc2)N1C(=O)N1CCCC(O)C1. The number of amides is 2. The van der Waals surface area contributed by atoms with Gasteiger partial charge in [-0.25, -0.2) is 17.5 Å². The van der Waals surface area contributed by atoms with Crippen LogP contribution in [0.15, 0.2) is 76.6 Å². The summed E-state index contributed by atoms with van der Waals surface area (Å²) in [5.74, 6) is 0.659. The number of β-amino-alcohol motifs (C(OH)–C–C–N with tert-alkyl or cyclic N) is 1. The number of likely N-dealkylation sites (tertiary alicyclic amines) is 1. The van der Waals surface area contributed by atoms with E-state index < -0.39 is 28.2 Å². The summed E-state index contributed by atoms with van der Waals surface area (Å²) in [7, 11) is -0.898. The Hall–Kier alpha value is -3.15. The normalized spacial score (nSPS) is 20.8. The predicted molar refractivity (Wildman–Crippen MR) is 167 cm³/mol. The van der Waals surface area contributed by atoms with Crippen molar-refractivity contribution in [2.45, 2.75) is 42.8 Å². The lowest BCUT2D eigenvalue weighted by Crippen LogP contribution is -2.51. The molecule has 3 aromatic carbocycles. The first-order valence-electron chi connectivity index (χ1n) is 14.1. The maximum Gasteiger partial charge on any atom is 0.326 e. The van der Waals surface area contributed by atoms with Crippen molar-refractivity contribution in [2.24, 2.45) is 4.99 Å². The highest BCUT2D eigenvalue weighted by Crippen LogP contribution is 2.46. The Morgan fingerprint density at radius 2 is 1.65 bits per heavy atom. The zero-order valence-corrected chi connectivity index (χ0v) is 26.5. The van der Waals surface area contributed by atoms with Crippen molar-refractivity contribution in [3.8, 4) is 5.75 Å². The number of ether oxygens (including phenoxy) is 1. The number of piperidine rings is 1. The van der Waals surface area contributed by atoms with Crippen molar-refractivity contribution in [3.05, 3.63) is 93.5 Å². The van der Waals surface area contributed by atoms with Gasteiger partial charge in [-0.2, -0.15) is 0 Å². The highest BCUT2D eigenvalue weighted by molar-refractivity contribution is 7.89. The largest absolute Gasteiger partial charge is 0.493 e. The molecular weight excluding hydrogens is 611 g/mol. The minimum Gasteiger partial charge on any atom is -0.493 e. The summed E-state index contributed by atoms with van der Waals surface area (Å²) in [6.07, 6.45) is 0.618. The Labute approximate surface area is 262 Å². The van der Waals surface area contributed by atoms with Crippen LogP contribution < -0.4 is 4.74 Å². The third-order valence-corrected chi connectivity index (χ3v) is 9.95. The molecule has 0 radical (unpaired) electrons. The molecule has 12 heteroatoms. The molecule has 5 rings (SSSR count). The van der Waals surface area contributed by atoms with E-state index in [1.807, 2.05) is 31.2 Å². The van der Waals surface area contributed by atoms with Crippen LogP contribution in [0.25, 0.3) is 0 Å². The minimum atomic E-state index is -3.82. The Kier molecular flexibility index (Phi) is 9.34. The highest BCUT2D eigenvalue weighted by atomic mass is 35.5. The van der Waals surface area contributed by atoms with E-state index in [1.54, 1.807) is 40.1 Å². The Morgan fingerprint density at radius 1 is 1.02 bits per heavy atom. The lowest BCUT2D eigenvalue weighted by Gasteiger charge is -2.37. The number of carbonyl (C=O) groups excluding carboxylic acids is 1. The maximum absolute atomic E-state index is 14.5. The molecular formula is C31H34Cl2N4O5S. The van der Waals surface area contributed by atoms with E-state index in [2.05, 4.69) is 0 Å². The summed E-state index contributed by atoms with van der Waals surface area (Å²) >= 11 is 12.5. The zero-order valence-electron chi connectivity index (χ0n) is 24.2. The fourth-order valence-electron chi connectivity index (χ4n) is 5.47. The number of urea groups is 1. The van der Waals surface area contributed by atoms with E-state index in [4.69, 9.17) is 32.9 Å². The van der Waals surface area contributed by atoms with E-state index in [0.29, 0.717) is 47.4 Å². The highest BCUT2D eigenvalue weighted by Gasteiger charge is 2.45. The molecule has 0 spiro atoms. The molecule has 3 unspecified atom stereocenters. The van der Waals surface area contributed by atoms with E-state index in [9.17, 15) is 18.3 Å². The topological polar surface area (TPSA) is 103 Å². The second kappa shape index (κ2) is 12.8. The summed E-state index contributed by atoms with van der Waals surface area (Å²) < 4.78 is 33.5. The Morgan fingerprint density at radius 3 is 2.23 bits per heavy atom. The van der Waals surface area contributed by atoms with E-state index in [0.717, 1.165) is 15.4 Å². The number of hydrogen-bond donors (Lipinski definition) is 1. The fourth-order valence-corrected chi connectivity index (χ4v) is 6.65. The van der Waals surface area contributed by atoms with Crippen LogP contribution in [0.5, 0.6) is 5.75 Å². The average molecular weight is 646 g/mol. The Balaban J connectivity index is 1.75. The second-order valence-corrected chi connectivity index (χ2v) is 13.7. The van der Waals surface area contributed by atoms with Crippen molar-refractivity contribution in [2.75, 3.05) is 33.8 Å². The van der Waals surface area contributed by atoms with Crippen LogP contribution in [-0.4, -0.2) is 79.4 Å². The van der Waals surface area contributed by atoms with Crippen LogP contribution in [0.3, 0.4) is 0 Å². The van der Waals surface area contributed by atoms with Crippen molar-refractivity contribution < 1.29 is 23.1 Å². The number of amidine groups is 1. The molecule has 9 nitrogen and oxygen atoms in total. The average Bonchev–Trinajstić information content (AvgIpc) is 3.38. The van der Waals surface area contributed by atoms with Gasteiger partial charge in [-0.15, -0.1) is 0 Å². The van der Waals surface area contributed by atoms with Gasteiger partial charge in [0, 0.05) is 37.2 Å². The third kappa shape index (κ3) is 6.39. The summed E-state index contributed by atoms with van der Waals surface area (Å²) in [5.41, 5.74) is 1.96. The van der Waals surface area contributed by atoms with Gasteiger partial charge in [0.1, 0.15) is 17.6 Å². The zero-order chi connectivity index (χ0) is 30.9. The van der Waals surface area contributed by atoms with Crippen LogP contribution in [0.4, 0.5) is 4.79 Å². The number of hydrogen-bond acceptors (Lipinski definition) is 6. The van der Waals surface area contributed by atoms with Gasteiger partial charge in [0.15, 0.2) is 0 Å². The molecule has 0 aromatic heterocycles. The number of halogens is 2. The van der Waals surface area contributed by atoms with E-state index in [1.165, 1.54) is 26.2 Å².